The molecule has 168 valence electrons. The molecule has 1 aromatic carbocycles. The number of hydrogen-bond donors (Lipinski definition) is 6. The van der Waals surface area contributed by atoms with Crippen LogP contribution in [0.4, 0.5) is 0 Å². The minimum atomic E-state index is -1.24. The lowest BCUT2D eigenvalue weighted by atomic mass is 10.1. The van der Waals surface area contributed by atoms with E-state index >= 15 is 0 Å². The van der Waals surface area contributed by atoms with Crippen molar-refractivity contribution in [1.29, 1.82) is 0 Å². The Morgan fingerprint density at radius 3 is 2.39 bits per heavy atom. The largest absolute Gasteiger partial charge is 0.480 e. The third-order valence-corrected chi connectivity index (χ3v) is 4.75. The minimum absolute atomic E-state index is 0.0740. The molecule has 31 heavy (non-hydrogen) atoms. The van der Waals surface area contributed by atoms with E-state index in [9.17, 15) is 29.1 Å². The maximum absolute atomic E-state index is 12.4. The van der Waals surface area contributed by atoms with Crippen LogP contribution in [0.2, 0.25) is 0 Å². The summed E-state index contributed by atoms with van der Waals surface area (Å²) >= 11 is 0. The number of nitrogens with two attached hydrogens (primary N) is 1. The molecule has 3 unspecified atom stereocenters. The van der Waals surface area contributed by atoms with Crippen molar-refractivity contribution in [3.63, 3.8) is 0 Å². The van der Waals surface area contributed by atoms with Gasteiger partial charge in [-0.25, -0.2) is 4.79 Å². The van der Waals surface area contributed by atoms with Crippen LogP contribution in [0.5, 0.6) is 0 Å². The SMILES string of the molecule is NC(=O)CC(NC(=O)C1CCCN1)C(=O)NCC(=O)NC(Cc1ccccc1)C(=O)O. The van der Waals surface area contributed by atoms with E-state index in [1.165, 1.54) is 0 Å². The first-order valence-electron chi connectivity index (χ1n) is 9.92. The number of nitrogens with one attached hydrogen (secondary N) is 4. The van der Waals surface area contributed by atoms with E-state index < -0.39 is 60.7 Å². The van der Waals surface area contributed by atoms with Crippen molar-refractivity contribution in [3.8, 4) is 0 Å². The summed E-state index contributed by atoms with van der Waals surface area (Å²) in [5.41, 5.74) is 5.88. The van der Waals surface area contributed by atoms with Crippen molar-refractivity contribution < 1.29 is 29.1 Å². The van der Waals surface area contributed by atoms with E-state index in [2.05, 4.69) is 21.3 Å². The Morgan fingerprint density at radius 1 is 1.10 bits per heavy atom. The molecule has 0 saturated carbocycles. The molecule has 1 aliphatic heterocycles. The van der Waals surface area contributed by atoms with Gasteiger partial charge in [-0.2, -0.15) is 0 Å². The summed E-state index contributed by atoms with van der Waals surface area (Å²) in [7, 11) is 0. The molecule has 1 aromatic rings. The molecule has 1 fully saturated rings. The normalized spacial score (nSPS) is 17.2. The summed E-state index contributed by atoms with van der Waals surface area (Å²) in [6, 6.07) is 5.90. The summed E-state index contributed by atoms with van der Waals surface area (Å²) in [6.07, 6.45) is 1.07. The van der Waals surface area contributed by atoms with Gasteiger partial charge in [-0.05, 0) is 24.9 Å². The molecule has 11 heteroatoms. The van der Waals surface area contributed by atoms with E-state index in [0.717, 1.165) is 12.0 Å². The Bertz CT molecular complexity index is 810. The number of carboxylic acid groups (broad SMARTS) is 1. The van der Waals surface area contributed by atoms with Crippen molar-refractivity contribution in [3.05, 3.63) is 35.9 Å². The van der Waals surface area contributed by atoms with Crippen LogP contribution in [0.3, 0.4) is 0 Å². The maximum Gasteiger partial charge on any atom is 0.326 e. The summed E-state index contributed by atoms with van der Waals surface area (Å²) in [4.78, 5) is 59.5. The molecule has 1 aliphatic rings. The van der Waals surface area contributed by atoms with Gasteiger partial charge in [0.15, 0.2) is 0 Å². The number of hydrogen-bond acceptors (Lipinski definition) is 6. The fourth-order valence-electron chi connectivity index (χ4n) is 3.18. The molecule has 7 N–H and O–H groups in total. The first-order valence-corrected chi connectivity index (χ1v) is 9.92. The number of carbonyl (C=O) groups is 5. The summed E-state index contributed by atoms with van der Waals surface area (Å²) in [6.45, 7) is 0.156. The van der Waals surface area contributed by atoms with Crippen LogP contribution in [0.15, 0.2) is 30.3 Å². The van der Waals surface area contributed by atoms with Gasteiger partial charge < -0.3 is 32.1 Å². The van der Waals surface area contributed by atoms with Crippen LogP contribution < -0.4 is 27.0 Å². The molecular formula is C20H27N5O6. The van der Waals surface area contributed by atoms with Gasteiger partial charge in [0, 0.05) is 6.42 Å². The van der Waals surface area contributed by atoms with Crippen molar-refractivity contribution in [2.75, 3.05) is 13.1 Å². The molecule has 0 aliphatic carbocycles. The van der Waals surface area contributed by atoms with E-state index in [4.69, 9.17) is 5.73 Å². The van der Waals surface area contributed by atoms with Gasteiger partial charge in [0.05, 0.1) is 19.0 Å². The molecule has 4 amide bonds. The zero-order valence-corrected chi connectivity index (χ0v) is 16.9. The molecule has 1 saturated heterocycles. The second kappa shape index (κ2) is 11.6. The summed E-state index contributed by atoms with van der Waals surface area (Å²) < 4.78 is 0. The fourth-order valence-corrected chi connectivity index (χ4v) is 3.18. The lowest BCUT2D eigenvalue weighted by Crippen LogP contribution is -2.54. The first kappa shape index (κ1) is 23.8. The number of rotatable bonds is 11. The van der Waals surface area contributed by atoms with Crippen molar-refractivity contribution in [2.45, 2.75) is 43.8 Å². The molecule has 0 radical (unpaired) electrons. The van der Waals surface area contributed by atoms with Gasteiger partial charge in [-0.15, -0.1) is 0 Å². The molecule has 2 rings (SSSR count). The Kier molecular flexibility index (Phi) is 8.94. The van der Waals surface area contributed by atoms with Crippen molar-refractivity contribution in [2.24, 2.45) is 5.73 Å². The van der Waals surface area contributed by atoms with E-state index in [1.807, 2.05) is 0 Å². The van der Waals surface area contributed by atoms with Crippen LogP contribution in [0.25, 0.3) is 0 Å². The number of carboxylic acids is 1. The molecule has 0 aromatic heterocycles. The quantitative estimate of drug-likeness (QED) is 0.234. The molecule has 1 heterocycles. The van der Waals surface area contributed by atoms with Crippen LogP contribution in [0.1, 0.15) is 24.8 Å². The predicted octanol–water partition coefficient (Wildman–Crippen LogP) is -1.97. The lowest BCUT2D eigenvalue weighted by molar-refractivity contribution is -0.141. The average Bonchev–Trinajstić information content (AvgIpc) is 3.26. The average molecular weight is 433 g/mol. The highest BCUT2D eigenvalue weighted by atomic mass is 16.4. The van der Waals surface area contributed by atoms with Crippen molar-refractivity contribution >= 4 is 29.6 Å². The summed E-state index contributed by atoms with van der Waals surface area (Å²) in [5, 5.41) is 19.4. The van der Waals surface area contributed by atoms with Gasteiger partial charge in [0.1, 0.15) is 12.1 Å². The monoisotopic (exact) mass is 433 g/mol. The Labute approximate surface area is 179 Å². The highest BCUT2D eigenvalue weighted by Gasteiger charge is 2.29. The minimum Gasteiger partial charge on any atom is -0.480 e. The van der Waals surface area contributed by atoms with Crippen LogP contribution in [-0.4, -0.2) is 65.9 Å². The number of benzene rings is 1. The molecule has 3 atom stereocenters. The first-order chi connectivity index (χ1) is 14.8. The summed E-state index contributed by atoms with van der Waals surface area (Å²) in [5.74, 6) is -3.93. The van der Waals surface area contributed by atoms with Gasteiger partial charge in [-0.3, -0.25) is 19.2 Å². The Hall–Kier alpha value is -3.47. The van der Waals surface area contributed by atoms with E-state index in [1.54, 1.807) is 30.3 Å². The van der Waals surface area contributed by atoms with Gasteiger partial charge >= 0.3 is 5.97 Å². The Balaban J connectivity index is 1.88. The zero-order chi connectivity index (χ0) is 22.8. The second-order valence-electron chi connectivity index (χ2n) is 7.25. The number of primary amides is 1. The Morgan fingerprint density at radius 2 is 1.81 bits per heavy atom. The van der Waals surface area contributed by atoms with E-state index in [0.29, 0.717) is 13.0 Å². The molecular weight excluding hydrogens is 406 g/mol. The van der Waals surface area contributed by atoms with Crippen molar-refractivity contribution in [1.82, 2.24) is 21.3 Å². The number of carbonyl (C=O) groups excluding carboxylic acids is 4. The standard InChI is InChI=1S/C20H27N5O6/c21-16(26)10-14(25-19(29)13-7-4-8-22-13)18(28)23-11-17(27)24-15(20(30)31)9-12-5-2-1-3-6-12/h1-3,5-6,13-15,22H,4,7-11H2,(H2,21,26)(H,23,28)(H,24,27)(H,25,29)(H,30,31). The van der Waals surface area contributed by atoms with Gasteiger partial charge in [0.25, 0.3) is 0 Å². The number of aliphatic carboxylic acids is 1. The molecule has 0 spiro atoms. The molecule has 0 bridgehead atoms. The predicted molar refractivity (Wildman–Crippen MR) is 109 cm³/mol. The van der Waals surface area contributed by atoms with Crippen LogP contribution in [-0.2, 0) is 30.4 Å². The van der Waals surface area contributed by atoms with Gasteiger partial charge in [-0.1, -0.05) is 30.3 Å². The van der Waals surface area contributed by atoms with Crippen LogP contribution in [0, 0.1) is 0 Å². The lowest BCUT2D eigenvalue weighted by Gasteiger charge is -2.20. The highest BCUT2D eigenvalue weighted by molar-refractivity contribution is 5.95. The third kappa shape index (κ3) is 8.05. The number of amides is 4. The van der Waals surface area contributed by atoms with Crippen LogP contribution >= 0.6 is 0 Å². The third-order valence-electron chi connectivity index (χ3n) is 4.75. The molecule has 11 nitrogen and oxygen atoms in total. The second-order valence-corrected chi connectivity index (χ2v) is 7.25. The van der Waals surface area contributed by atoms with Gasteiger partial charge in [0.2, 0.25) is 23.6 Å². The van der Waals surface area contributed by atoms with E-state index in [-0.39, 0.29) is 6.42 Å². The maximum atomic E-state index is 12.4. The smallest absolute Gasteiger partial charge is 0.326 e. The fraction of sp³-hybridized carbons (Fsp3) is 0.450. The highest BCUT2D eigenvalue weighted by Crippen LogP contribution is 2.06. The topological polar surface area (TPSA) is 180 Å². The zero-order valence-electron chi connectivity index (χ0n) is 16.9.